The average molecular weight is 304 g/mol. The van der Waals surface area contributed by atoms with E-state index in [-0.39, 0.29) is 6.47 Å². The number of hydrogen-bond acceptors (Lipinski definition) is 2. The van der Waals surface area contributed by atoms with Crippen LogP contribution in [-0.2, 0) is 4.79 Å². The van der Waals surface area contributed by atoms with Gasteiger partial charge < -0.3 is 10.2 Å². The van der Waals surface area contributed by atoms with Gasteiger partial charge in [0, 0.05) is 5.56 Å². The van der Waals surface area contributed by atoms with Crippen LogP contribution in [-0.4, -0.2) is 16.7 Å². The Morgan fingerprint density at radius 3 is 2.04 bits per heavy atom. The van der Waals surface area contributed by atoms with Gasteiger partial charge in [0.15, 0.2) is 0 Å². The smallest absolute Gasteiger partial charge is 0.290 e. The summed E-state index contributed by atoms with van der Waals surface area (Å²) in [6, 6.07) is 24.6. The number of aliphatic hydroxyl groups is 1. The standard InChI is InChI=1S/C19H14O.CH2O2/c20-19-17-10-5-4-9-15(17)16-12-6-11-14(18(16)19)13-7-2-1-3-8-13;2-1-3/h1-12,19-20H;1H,(H,2,3). The summed E-state index contributed by atoms with van der Waals surface area (Å²) in [6.45, 7) is -0.250. The SMILES string of the molecule is O=CO.OC1c2ccccc2-c2cccc(-c3ccccc3)c21. The third kappa shape index (κ3) is 2.62. The van der Waals surface area contributed by atoms with Crippen molar-refractivity contribution in [3.05, 3.63) is 83.9 Å². The normalized spacial score (nSPS) is 14.2. The van der Waals surface area contributed by atoms with Gasteiger partial charge in [-0.25, -0.2) is 0 Å². The molecular formula is C20H16O3. The van der Waals surface area contributed by atoms with E-state index in [4.69, 9.17) is 9.90 Å². The summed E-state index contributed by atoms with van der Waals surface area (Å²) in [6.07, 6.45) is -0.530. The predicted octanol–water partition coefficient (Wildman–Crippen LogP) is 4.12. The van der Waals surface area contributed by atoms with E-state index in [1.807, 2.05) is 36.4 Å². The van der Waals surface area contributed by atoms with E-state index in [1.165, 1.54) is 0 Å². The van der Waals surface area contributed by atoms with Crippen LogP contribution in [0, 0.1) is 0 Å². The maximum Gasteiger partial charge on any atom is 0.290 e. The fourth-order valence-electron chi connectivity index (χ4n) is 3.10. The average Bonchev–Trinajstić information content (AvgIpc) is 2.90. The summed E-state index contributed by atoms with van der Waals surface area (Å²) in [5.41, 5.74) is 6.59. The summed E-state index contributed by atoms with van der Waals surface area (Å²) in [7, 11) is 0. The molecule has 1 unspecified atom stereocenters. The highest BCUT2D eigenvalue weighted by atomic mass is 16.3. The number of fused-ring (bicyclic) bond motifs is 3. The topological polar surface area (TPSA) is 57.5 Å². The van der Waals surface area contributed by atoms with Crippen molar-refractivity contribution >= 4 is 6.47 Å². The summed E-state index contributed by atoms with van der Waals surface area (Å²) < 4.78 is 0. The Morgan fingerprint density at radius 1 is 0.739 bits per heavy atom. The first-order valence-electron chi connectivity index (χ1n) is 7.31. The van der Waals surface area contributed by atoms with Gasteiger partial charge in [-0.05, 0) is 27.8 Å². The molecule has 2 N–H and O–H groups in total. The molecule has 0 fully saturated rings. The molecule has 0 radical (unpaired) electrons. The summed E-state index contributed by atoms with van der Waals surface area (Å²) in [5, 5.41) is 17.6. The minimum atomic E-state index is -0.530. The number of carboxylic acid groups (broad SMARTS) is 1. The second-order valence-electron chi connectivity index (χ2n) is 5.23. The molecule has 3 nitrogen and oxygen atoms in total. The van der Waals surface area contributed by atoms with Gasteiger partial charge in [-0.3, -0.25) is 4.79 Å². The molecule has 3 aromatic carbocycles. The Balaban J connectivity index is 0.000000485. The van der Waals surface area contributed by atoms with Crippen molar-refractivity contribution in [2.75, 3.05) is 0 Å². The fraction of sp³-hybridized carbons (Fsp3) is 0.0500. The Labute approximate surface area is 134 Å². The zero-order valence-electron chi connectivity index (χ0n) is 12.4. The van der Waals surface area contributed by atoms with Crippen LogP contribution in [0.15, 0.2) is 72.8 Å². The van der Waals surface area contributed by atoms with Gasteiger partial charge in [-0.1, -0.05) is 72.8 Å². The predicted molar refractivity (Wildman–Crippen MR) is 90.1 cm³/mol. The molecule has 4 rings (SSSR count). The molecule has 0 heterocycles. The minimum absolute atomic E-state index is 0.250. The van der Waals surface area contributed by atoms with Crippen LogP contribution >= 0.6 is 0 Å². The quantitative estimate of drug-likeness (QED) is 0.665. The van der Waals surface area contributed by atoms with E-state index in [0.29, 0.717) is 0 Å². The van der Waals surface area contributed by atoms with Gasteiger partial charge in [0.2, 0.25) is 0 Å². The Hall–Kier alpha value is -2.91. The zero-order chi connectivity index (χ0) is 16.2. The molecule has 1 aliphatic rings. The Kier molecular flexibility index (Phi) is 4.22. The minimum Gasteiger partial charge on any atom is -0.483 e. The molecular weight excluding hydrogens is 288 g/mol. The first-order chi connectivity index (χ1) is 11.3. The van der Waals surface area contributed by atoms with E-state index < -0.39 is 6.10 Å². The molecule has 3 aromatic rings. The van der Waals surface area contributed by atoms with Gasteiger partial charge in [-0.15, -0.1) is 0 Å². The van der Waals surface area contributed by atoms with E-state index >= 15 is 0 Å². The van der Waals surface area contributed by atoms with Gasteiger partial charge in [-0.2, -0.15) is 0 Å². The monoisotopic (exact) mass is 304 g/mol. The van der Waals surface area contributed by atoms with Crippen LogP contribution in [0.25, 0.3) is 22.3 Å². The highest BCUT2D eigenvalue weighted by molar-refractivity contribution is 5.85. The molecule has 1 atom stereocenters. The summed E-state index contributed by atoms with van der Waals surface area (Å²) in [4.78, 5) is 8.36. The van der Waals surface area contributed by atoms with Crippen molar-refractivity contribution < 1.29 is 15.0 Å². The number of rotatable bonds is 1. The van der Waals surface area contributed by atoms with Gasteiger partial charge in [0.05, 0.1) is 0 Å². The lowest BCUT2D eigenvalue weighted by Crippen LogP contribution is -1.96. The molecule has 0 aliphatic heterocycles. The third-order valence-electron chi connectivity index (χ3n) is 4.01. The maximum absolute atomic E-state index is 10.7. The first-order valence-corrected chi connectivity index (χ1v) is 7.31. The van der Waals surface area contributed by atoms with E-state index in [1.54, 1.807) is 0 Å². The molecule has 0 bridgehead atoms. The van der Waals surface area contributed by atoms with Crippen LogP contribution < -0.4 is 0 Å². The van der Waals surface area contributed by atoms with Gasteiger partial charge in [0.25, 0.3) is 6.47 Å². The molecule has 0 aromatic heterocycles. The van der Waals surface area contributed by atoms with Crippen LogP contribution in [0.1, 0.15) is 17.2 Å². The third-order valence-corrected chi connectivity index (χ3v) is 4.01. The maximum atomic E-state index is 10.7. The van der Waals surface area contributed by atoms with Crippen LogP contribution in [0.3, 0.4) is 0 Å². The molecule has 3 heteroatoms. The lowest BCUT2D eigenvalue weighted by atomic mass is 9.95. The van der Waals surface area contributed by atoms with Crippen molar-refractivity contribution in [1.29, 1.82) is 0 Å². The zero-order valence-corrected chi connectivity index (χ0v) is 12.4. The van der Waals surface area contributed by atoms with E-state index in [2.05, 4.69) is 36.4 Å². The lowest BCUT2D eigenvalue weighted by Gasteiger charge is -2.12. The Bertz CT molecular complexity index is 825. The molecule has 0 saturated heterocycles. The second kappa shape index (κ2) is 6.46. The van der Waals surface area contributed by atoms with E-state index in [9.17, 15) is 5.11 Å². The fourth-order valence-corrected chi connectivity index (χ4v) is 3.10. The van der Waals surface area contributed by atoms with Crippen LogP contribution in [0.4, 0.5) is 0 Å². The molecule has 114 valence electrons. The Morgan fingerprint density at radius 2 is 1.30 bits per heavy atom. The van der Waals surface area contributed by atoms with Crippen LogP contribution in [0.5, 0.6) is 0 Å². The number of aliphatic hydroxyl groups excluding tert-OH is 1. The molecule has 0 amide bonds. The number of hydrogen-bond donors (Lipinski definition) is 2. The van der Waals surface area contributed by atoms with Crippen molar-refractivity contribution in [2.45, 2.75) is 6.10 Å². The molecule has 1 aliphatic carbocycles. The van der Waals surface area contributed by atoms with E-state index in [0.717, 1.165) is 33.4 Å². The van der Waals surface area contributed by atoms with Crippen molar-refractivity contribution in [2.24, 2.45) is 0 Å². The van der Waals surface area contributed by atoms with Crippen LogP contribution in [0.2, 0.25) is 0 Å². The second-order valence-corrected chi connectivity index (χ2v) is 5.23. The van der Waals surface area contributed by atoms with Crippen molar-refractivity contribution in [1.82, 2.24) is 0 Å². The molecule has 0 spiro atoms. The highest BCUT2D eigenvalue weighted by Gasteiger charge is 2.28. The number of carbonyl (C=O) groups is 1. The van der Waals surface area contributed by atoms with Gasteiger partial charge in [0.1, 0.15) is 6.10 Å². The molecule has 23 heavy (non-hydrogen) atoms. The van der Waals surface area contributed by atoms with Crippen molar-refractivity contribution in [3.63, 3.8) is 0 Å². The van der Waals surface area contributed by atoms with Crippen molar-refractivity contribution in [3.8, 4) is 22.3 Å². The number of benzene rings is 3. The molecule has 0 saturated carbocycles. The van der Waals surface area contributed by atoms with Gasteiger partial charge >= 0.3 is 0 Å². The summed E-state index contributed by atoms with van der Waals surface area (Å²) in [5.74, 6) is 0. The highest BCUT2D eigenvalue weighted by Crippen LogP contribution is 2.47. The lowest BCUT2D eigenvalue weighted by molar-refractivity contribution is -0.122. The summed E-state index contributed by atoms with van der Waals surface area (Å²) >= 11 is 0. The largest absolute Gasteiger partial charge is 0.483 e. The first kappa shape index (κ1) is 15.0.